The maximum Gasteiger partial charge on any atom is 0.220 e. The molecule has 3 heteroatoms. The second-order valence-electron chi connectivity index (χ2n) is 4.53. The van der Waals surface area contributed by atoms with Crippen LogP contribution < -0.4 is 11.1 Å². The van der Waals surface area contributed by atoms with Gasteiger partial charge < -0.3 is 11.1 Å². The molecule has 1 saturated carbocycles. The van der Waals surface area contributed by atoms with Crippen LogP contribution in [0.1, 0.15) is 51.4 Å². The van der Waals surface area contributed by atoms with Gasteiger partial charge >= 0.3 is 0 Å². The molecule has 1 amide bonds. The lowest BCUT2D eigenvalue weighted by atomic mass is 10.0. The average molecular weight is 212 g/mol. The third kappa shape index (κ3) is 5.78. The highest BCUT2D eigenvalue weighted by atomic mass is 16.1. The molecular weight excluding hydrogens is 188 g/mol. The Labute approximate surface area is 92.8 Å². The molecule has 0 aromatic rings. The Morgan fingerprint density at radius 3 is 2.67 bits per heavy atom. The van der Waals surface area contributed by atoms with Gasteiger partial charge in [-0.15, -0.1) is 0 Å². The highest BCUT2D eigenvalue weighted by Crippen LogP contribution is 2.28. The largest absolute Gasteiger partial charge is 0.356 e. The van der Waals surface area contributed by atoms with Crippen LogP contribution >= 0.6 is 0 Å². The van der Waals surface area contributed by atoms with Gasteiger partial charge in [0.15, 0.2) is 0 Å². The first-order valence-electron chi connectivity index (χ1n) is 6.29. The summed E-state index contributed by atoms with van der Waals surface area (Å²) in [7, 11) is 0. The van der Waals surface area contributed by atoms with Crippen molar-refractivity contribution in [1.82, 2.24) is 5.32 Å². The van der Waals surface area contributed by atoms with Gasteiger partial charge in [-0.3, -0.25) is 4.79 Å². The molecule has 1 aliphatic carbocycles. The Morgan fingerprint density at radius 2 is 2.00 bits per heavy atom. The second kappa shape index (κ2) is 7.69. The molecule has 0 unspecified atom stereocenters. The summed E-state index contributed by atoms with van der Waals surface area (Å²) in [5, 5.41) is 2.95. The van der Waals surface area contributed by atoms with Crippen molar-refractivity contribution in [3.8, 4) is 0 Å². The quantitative estimate of drug-likeness (QED) is 0.632. The minimum atomic E-state index is 0.159. The van der Waals surface area contributed by atoms with E-state index in [0.717, 1.165) is 25.3 Å². The van der Waals surface area contributed by atoms with Gasteiger partial charge in [0.25, 0.3) is 0 Å². The molecule has 0 spiro atoms. The number of amides is 1. The molecule has 88 valence electrons. The summed E-state index contributed by atoms with van der Waals surface area (Å²) >= 11 is 0. The van der Waals surface area contributed by atoms with E-state index in [-0.39, 0.29) is 5.91 Å². The number of hydrogen-bond donors (Lipinski definition) is 2. The average Bonchev–Trinajstić information content (AvgIpc) is 2.74. The summed E-state index contributed by atoms with van der Waals surface area (Å²) in [4.78, 5) is 11.2. The minimum Gasteiger partial charge on any atom is -0.356 e. The SMILES string of the molecule is NCCCC(=O)NCCCC1CCCC1. The summed E-state index contributed by atoms with van der Waals surface area (Å²) in [5.74, 6) is 1.10. The lowest BCUT2D eigenvalue weighted by Gasteiger charge is -2.09. The molecule has 1 aliphatic rings. The van der Waals surface area contributed by atoms with Crippen LogP contribution in [0.25, 0.3) is 0 Å². The molecule has 0 atom stereocenters. The highest BCUT2D eigenvalue weighted by Gasteiger charge is 2.13. The zero-order chi connectivity index (χ0) is 10.9. The van der Waals surface area contributed by atoms with Gasteiger partial charge in [0.1, 0.15) is 0 Å². The van der Waals surface area contributed by atoms with E-state index in [4.69, 9.17) is 5.73 Å². The summed E-state index contributed by atoms with van der Waals surface area (Å²) in [5.41, 5.74) is 5.33. The number of rotatable bonds is 7. The molecule has 0 radical (unpaired) electrons. The van der Waals surface area contributed by atoms with Crippen LogP contribution in [-0.4, -0.2) is 19.0 Å². The highest BCUT2D eigenvalue weighted by molar-refractivity contribution is 5.75. The summed E-state index contributed by atoms with van der Waals surface area (Å²) in [6.07, 6.45) is 9.44. The predicted molar refractivity (Wildman–Crippen MR) is 62.5 cm³/mol. The van der Waals surface area contributed by atoms with Crippen molar-refractivity contribution in [3.63, 3.8) is 0 Å². The smallest absolute Gasteiger partial charge is 0.220 e. The fourth-order valence-corrected chi connectivity index (χ4v) is 2.27. The van der Waals surface area contributed by atoms with Crippen molar-refractivity contribution in [2.75, 3.05) is 13.1 Å². The van der Waals surface area contributed by atoms with Gasteiger partial charge in [0.05, 0.1) is 0 Å². The van der Waals surface area contributed by atoms with Crippen LogP contribution in [0.15, 0.2) is 0 Å². The van der Waals surface area contributed by atoms with Crippen molar-refractivity contribution < 1.29 is 4.79 Å². The molecule has 1 fully saturated rings. The Morgan fingerprint density at radius 1 is 1.27 bits per heavy atom. The molecule has 3 nitrogen and oxygen atoms in total. The standard InChI is InChI=1S/C12H24N2O/c13-9-3-8-12(15)14-10-4-7-11-5-1-2-6-11/h11H,1-10,13H2,(H,14,15). The van der Waals surface area contributed by atoms with E-state index in [1.165, 1.54) is 32.1 Å². The molecule has 0 aliphatic heterocycles. The first-order chi connectivity index (χ1) is 7.33. The first kappa shape index (κ1) is 12.5. The van der Waals surface area contributed by atoms with Gasteiger partial charge in [0.2, 0.25) is 5.91 Å². The normalized spacial score (nSPS) is 16.9. The van der Waals surface area contributed by atoms with Gasteiger partial charge in [-0.1, -0.05) is 25.7 Å². The van der Waals surface area contributed by atoms with Crippen LogP contribution in [-0.2, 0) is 4.79 Å². The van der Waals surface area contributed by atoms with E-state index in [0.29, 0.717) is 13.0 Å². The van der Waals surface area contributed by atoms with E-state index in [1.54, 1.807) is 0 Å². The Bertz CT molecular complexity index is 176. The van der Waals surface area contributed by atoms with Gasteiger partial charge in [-0.2, -0.15) is 0 Å². The summed E-state index contributed by atoms with van der Waals surface area (Å²) in [6, 6.07) is 0. The van der Waals surface area contributed by atoms with Crippen molar-refractivity contribution in [3.05, 3.63) is 0 Å². The van der Waals surface area contributed by atoms with Crippen LogP contribution in [0.2, 0.25) is 0 Å². The van der Waals surface area contributed by atoms with E-state index in [9.17, 15) is 4.79 Å². The Balaban J connectivity index is 1.89. The Hall–Kier alpha value is -0.570. The number of nitrogens with two attached hydrogens (primary N) is 1. The Kier molecular flexibility index (Phi) is 6.41. The fourth-order valence-electron chi connectivity index (χ4n) is 2.27. The number of carbonyl (C=O) groups excluding carboxylic acids is 1. The zero-order valence-electron chi connectivity index (χ0n) is 9.63. The lowest BCUT2D eigenvalue weighted by Crippen LogP contribution is -2.25. The number of nitrogens with one attached hydrogen (secondary N) is 1. The van der Waals surface area contributed by atoms with Crippen molar-refractivity contribution in [2.24, 2.45) is 11.7 Å². The summed E-state index contributed by atoms with van der Waals surface area (Å²) in [6.45, 7) is 1.45. The van der Waals surface area contributed by atoms with Gasteiger partial charge in [-0.25, -0.2) is 0 Å². The molecular formula is C12H24N2O. The van der Waals surface area contributed by atoms with Crippen LogP contribution in [0.3, 0.4) is 0 Å². The van der Waals surface area contributed by atoms with Crippen molar-refractivity contribution >= 4 is 5.91 Å². The minimum absolute atomic E-state index is 0.159. The molecule has 0 bridgehead atoms. The third-order valence-corrected chi connectivity index (χ3v) is 3.19. The van der Waals surface area contributed by atoms with Crippen molar-refractivity contribution in [1.29, 1.82) is 0 Å². The summed E-state index contributed by atoms with van der Waals surface area (Å²) < 4.78 is 0. The maximum atomic E-state index is 11.2. The van der Waals surface area contributed by atoms with Gasteiger partial charge in [0, 0.05) is 13.0 Å². The van der Waals surface area contributed by atoms with Gasteiger partial charge in [-0.05, 0) is 31.7 Å². The molecule has 3 N–H and O–H groups in total. The molecule has 0 heterocycles. The van der Waals surface area contributed by atoms with Crippen molar-refractivity contribution in [2.45, 2.75) is 51.4 Å². The molecule has 0 aromatic carbocycles. The van der Waals surface area contributed by atoms with Crippen LogP contribution in [0.5, 0.6) is 0 Å². The topological polar surface area (TPSA) is 55.1 Å². The maximum absolute atomic E-state index is 11.2. The van der Waals surface area contributed by atoms with E-state index in [2.05, 4.69) is 5.32 Å². The molecule has 0 aromatic heterocycles. The monoisotopic (exact) mass is 212 g/mol. The zero-order valence-corrected chi connectivity index (χ0v) is 9.63. The molecule has 15 heavy (non-hydrogen) atoms. The fraction of sp³-hybridized carbons (Fsp3) is 0.917. The van der Waals surface area contributed by atoms with E-state index in [1.807, 2.05) is 0 Å². The number of hydrogen-bond acceptors (Lipinski definition) is 2. The van der Waals surface area contributed by atoms with E-state index < -0.39 is 0 Å². The van der Waals surface area contributed by atoms with Crippen LogP contribution in [0.4, 0.5) is 0 Å². The molecule has 1 rings (SSSR count). The second-order valence-corrected chi connectivity index (χ2v) is 4.53. The van der Waals surface area contributed by atoms with Crippen LogP contribution in [0, 0.1) is 5.92 Å². The number of carbonyl (C=O) groups is 1. The van der Waals surface area contributed by atoms with E-state index >= 15 is 0 Å². The molecule has 0 saturated heterocycles. The first-order valence-corrected chi connectivity index (χ1v) is 6.29. The predicted octanol–water partition coefficient (Wildman–Crippen LogP) is 1.81. The third-order valence-electron chi connectivity index (χ3n) is 3.19. The lowest BCUT2D eigenvalue weighted by molar-refractivity contribution is -0.121.